The van der Waals surface area contributed by atoms with Gasteiger partial charge in [0, 0.05) is 12.3 Å². The predicted molar refractivity (Wildman–Crippen MR) is 102 cm³/mol. The van der Waals surface area contributed by atoms with E-state index in [-0.39, 0.29) is 88.7 Å². The smallest absolute Gasteiger partial charge is 0.790 e. The average Bonchev–Trinajstić information content (AvgIpc) is 3.04. The van der Waals surface area contributed by atoms with E-state index in [2.05, 4.69) is 13.6 Å². The fraction of sp³-hybridized carbons (Fsp3) is 0.667. The zero-order valence-corrected chi connectivity index (χ0v) is 28.7. The third kappa shape index (κ3) is 10.4. The molecule has 2 aliphatic rings. The summed E-state index contributed by atoms with van der Waals surface area (Å²) in [6.45, 7) is -0.837. The molecule has 20 nitrogen and oxygen atoms in total. The number of nitrogens with one attached hydrogen (secondary N) is 1. The number of nitrogens with zero attached hydrogens (tertiary/aromatic N) is 1. The molecule has 1 unspecified atom stereocenters. The molecule has 0 bridgehead atoms. The summed E-state index contributed by atoms with van der Waals surface area (Å²) in [5.41, 5.74) is -1.73. The molecule has 0 aliphatic carbocycles. The van der Waals surface area contributed by atoms with E-state index < -0.39 is 94.7 Å². The van der Waals surface area contributed by atoms with Crippen molar-refractivity contribution >= 4 is 21.6 Å². The summed E-state index contributed by atoms with van der Waals surface area (Å²) < 4.78 is 44.7. The van der Waals surface area contributed by atoms with Crippen LogP contribution in [-0.4, -0.2) is 96.7 Å². The Labute approximate surface area is 289 Å². The van der Waals surface area contributed by atoms with Gasteiger partial charge in [-0.2, -0.15) is 0 Å². The van der Waals surface area contributed by atoms with Crippen molar-refractivity contribution in [1.82, 2.24) is 9.55 Å². The van der Waals surface area contributed by atoms with Crippen LogP contribution in [0.25, 0.3) is 0 Å². The van der Waals surface area contributed by atoms with Gasteiger partial charge in [0.1, 0.15) is 43.2 Å². The first-order valence-electron chi connectivity index (χ1n) is 9.93. The molecule has 1 aromatic rings. The summed E-state index contributed by atoms with van der Waals surface area (Å²) in [5, 5.41) is 50.3. The van der Waals surface area contributed by atoms with E-state index in [1.807, 2.05) is 4.98 Å². The Kier molecular flexibility index (Phi) is 16.9. The zero-order chi connectivity index (χ0) is 27.9. The van der Waals surface area contributed by atoms with Crippen LogP contribution < -0.4 is 115 Å². The zero-order valence-electron chi connectivity index (χ0n) is 20.9. The normalized spacial score (nSPS) is 33.5. The maximum absolute atomic E-state index is 12.3. The van der Waals surface area contributed by atoms with Crippen LogP contribution in [0, 0.1) is 0 Å². The number of carbonyl (C=O) groups is 1. The number of H-pyrrole nitrogens is 1. The molecular formula is C15H19N2Na3O18P2. The molecule has 0 amide bonds. The predicted octanol–water partition coefficient (Wildman–Crippen LogP) is -16.2. The molecule has 0 spiro atoms. The summed E-state index contributed by atoms with van der Waals surface area (Å²) in [7, 11) is -12.1. The van der Waals surface area contributed by atoms with Gasteiger partial charge in [0.2, 0.25) is 0 Å². The largest absolute Gasteiger partial charge is 1.00 e. The van der Waals surface area contributed by atoms with Gasteiger partial charge in [0.15, 0.2) is 18.6 Å². The molecule has 1 aromatic heterocycles. The molecule has 0 radical (unpaired) electrons. The van der Waals surface area contributed by atoms with Gasteiger partial charge in [-0.05, 0) is 0 Å². The molecule has 2 aliphatic heterocycles. The number of hydrogen-bond donors (Lipinski definition) is 6. The van der Waals surface area contributed by atoms with Gasteiger partial charge < -0.3 is 63.5 Å². The van der Waals surface area contributed by atoms with Gasteiger partial charge in [-0.3, -0.25) is 23.2 Å². The summed E-state index contributed by atoms with van der Waals surface area (Å²) >= 11 is 0. The van der Waals surface area contributed by atoms with Gasteiger partial charge in [0.25, 0.3) is 13.4 Å². The van der Waals surface area contributed by atoms with Crippen molar-refractivity contribution in [2.75, 3.05) is 6.61 Å². The number of phosphoric ester groups is 1. The van der Waals surface area contributed by atoms with Crippen molar-refractivity contribution in [2.24, 2.45) is 0 Å². The van der Waals surface area contributed by atoms with Gasteiger partial charge in [0.05, 0.1) is 7.82 Å². The Bertz CT molecular complexity index is 1210. The first-order valence-corrected chi connectivity index (χ1v) is 12.8. The number of rotatable bonds is 8. The van der Waals surface area contributed by atoms with E-state index in [9.17, 15) is 63.7 Å². The molecule has 10 atom stereocenters. The minimum Gasteiger partial charge on any atom is -0.790 e. The minimum absolute atomic E-state index is 0. The minimum atomic E-state index is -6.12. The number of ether oxygens (including phenoxy) is 3. The van der Waals surface area contributed by atoms with E-state index >= 15 is 0 Å². The van der Waals surface area contributed by atoms with Crippen molar-refractivity contribution in [1.29, 1.82) is 0 Å². The van der Waals surface area contributed by atoms with Crippen LogP contribution in [0.15, 0.2) is 21.9 Å². The summed E-state index contributed by atoms with van der Waals surface area (Å²) in [6, 6.07) is 0.935. The van der Waals surface area contributed by atoms with Crippen LogP contribution in [0.3, 0.4) is 0 Å². The van der Waals surface area contributed by atoms with Crippen LogP contribution in [-0.2, 0) is 37.0 Å². The van der Waals surface area contributed by atoms with Crippen LogP contribution in [0.1, 0.15) is 6.23 Å². The number of aliphatic hydroxyl groups is 5. The second-order valence-corrected chi connectivity index (χ2v) is 10.3. The maximum Gasteiger partial charge on any atom is 1.00 e. The maximum atomic E-state index is 12.3. The monoisotopic (exact) mass is 646 g/mol. The van der Waals surface area contributed by atoms with Crippen LogP contribution in [0.4, 0.5) is 0 Å². The quantitative estimate of drug-likeness (QED) is 0.0867. The van der Waals surface area contributed by atoms with Crippen molar-refractivity contribution in [3.05, 3.63) is 33.1 Å². The molecular weight excluding hydrogens is 627 g/mol. The first-order chi connectivity index (χ1) is 17.0. The molecule has 3 rings (SSSR count). The standard InChI is InChI=1S/C15H22N2O18P2.3Na/c18-5-1-2-17(15(25)16-5)12-9(22)6(19)4(32-12)3-31-13(23)10-7(20)8(21)11(14(24)33-10)34-37(29,30)35-36(26,27)28;;;/h1-2,4,6-12,14,19-22,24H,3H2,(H,29,30)(H,16,18,25)(H2,26,27,28);;;/q;3*+1/p-3/t4-,6-,7+,8+,9-,10+,11-,12-,14-;;;/m1.../s1. The van der Waals surface area contributed by atoms with Crippen LogP contribution in [0.5, 0.6) is 0 Å². The number of hydrogen-bond acceptors (Lipinski definition) is 18. The first kappa shape index (κ1) is 41.1. The van der Waals surface area contributed by atoms with Crippen molar-refractivity contribution < 1.29 is 166 Å². The SMILES string of the molecule is O=C(OC[C@H]1O[C@@H](n2ccc(=O)[nH]c2=O)[C@H](O)[C@@H]1O)[C@H]1O[C@@H](O)[C@H](OP(=O)([O-])OP(=O)([O-])[O-])[C@@H](O)[C@@H]1O.[Na+].[Na+].[Na+]. The Morgan fingerprint density at radius 1 is 0.975 bits per heavy atom. The number of aliphatic hydroxyl groups excluding tert-OH is 5. The number of phosphoric acid groups is 2. The molecule has 40 heavy (non-hydrogen) atoms. The van der Waals surface area contributed by atoms with E-state index in [0.717, 1.165) is 16.8 Å². The number of carbonyl (C=O) groups excluding carboxylic acids is 1. The molecule has 2 fully saturated rings. The number of esters is 1. The average molecular weight is 646 g/mol. The number of aromatic nitrogens is 2. The second-order valence-electron chi connectivity index (χ2n) is 7.67. The van der Waals surface area contributed by atoms with Crippen molar-refractivity contribution in [3.8, 4) is 0 Å². The Morgan fingerprint density at radius 3 is 2.12 bits per heavy atom. The Morgan fingerprint density at radius 2 is 1.57 bits per heavy atom. The van der Waals surface area contributed by atoms with Crippen LogP contribution >= 0.6 is 15.6 Å². The van der Waals surface area contributed by atoms with Crippen LogP contribution in [0.2, 0.25) is 0 Å². The third-order valence-corrected chi connectivity index (χ3v) is 7.20. The Balaban J connectivity index is 0.00000507. The molecule has 25 heteroatoms. The Hall–Kier alpha value is 1.13. The molecule has 3 heterocycles. The molecule has 2 saturated heterocycles. The second kappa shape index (κ2) is 16.4. The van der Waals surface area contributed by atoms with Crippen molar-refractivity contribution in [3.63, 3.8) is 0 Å². The van der Waals surface area contributed by atoms with E-state index in [0.29, 0.717) is 0 Å². The van der Waals surface area contributed by atoms with Gasteiger partial charge >= 0.3 is 100 Å². The van der Waals surface area contributed by atoms with Gasteiger partial charge in [-0.15, -0.1) is 0 Å². The third-order valence-electron chi connectivity index (χ3n) is 5.10. The van der Waals surface area contributed by atoms with Gasteiger partial charge in [-0.1, -0.05) is 0 Å². The number of aromatic amines is 1. The fourth-order valence-corrected chi connectivity index (χ4v) is 5.08. The molecule has 0 saturated carbocycles. The summed E-state index contributed by atoms with van der Waals surface area (Å²) in [5.74, 6) is -1.50. The van der Waals surface area contributed by atoms with Crippen molar-refractivity contribution in [2.45, 2.75) is 55.2 Å². The van der Waals surface area contributed by atoms with E-state index in [1.165, 1.54) is 0 Å². The molecule has 210 valence electrons. The summed E-state index contributed by atoms with van der Waals surface area (Å²) in [6.07, 6.45) is -17.4. The van der Waals surface area contributed by atoms with E-state index in [4.69, 9.17) is 9.47 Å². The summed E-state index contributed by atoms with van der Waals surface area (Å²) in [4.78, 5) is 69.7. The fourth-order valence-electron chi connectivity index (χ4n) is 3.42. The topological polar surface area (TPSA) is 323 Å². The molecule has 0 aromatic carbocycles. The van der Waals surface area contributed by atoms with Gasteiger partial charge in [-0.25, -0.2) is 9.59 Å². The van der Waals surface area contributed by atoms with E-state index in [1.54, 1.807) is 0 Å². The molecule has 6 N–H and O–H groups in total.